The Balaban J connectivity index is 1.88. The van der Waals surface area contributed by atoms with Gasteiger partial charge in [0.15, 0.2) is 0 Å². The fraction of sp³-hybridized carbons (Fsp3) is 0.176. The molecule has 0 aliphatic rings. The predicted molar refractivity (Wildman–Crippen MR) is 84.8 cm³/mol. The highest BCUT2D eigenvalue weighted by Crippen LogP contribution is 2.31. The molecule has 1 unspecified atom stereocenters. The highest BCUT2D eigenvalue weighted by Gasteiger charge is 2.30. The molecule has 0 fully saturated rings. The maximum absolute atomic E-state index is 12.8. The fourth-order valence-corrected chi connectivity index (χ4v) is 2.46. The monoisotopic (exact) mass is 332 g/mol. The topological polar surface area (TPSA) is 42.7 Å². The van der Waals surface area contributed by atoms with Gasteiger partial charge in [0.05, 0.1) is 17.3 Å². The third kappa shape index (κ3) is 3.40. The summed E-state index contributed by atoms with van der Waals surface area (Å²) in [6, 6.07) is 11.1. The first-order valence-electron chi connectivity index (χ1n) is 7.34. The number of hydrogen-bond acceptors (Lipinski definition) is 3. The molecule has 4 nitrogen and oxygen atoms in total. The number of aromatic nitrogens is 3. The lowest BCUT2D eigenvalue weighted by atomic mass is 10.1. The second kappa shape index (κ2) is 6.35. The average Bonchev–Trinajstić information content (AvgIpc) is 3.08. The molecule has 0 saturated heterocycles. The van der Waals surface area contributed by atoms with Gasteiger partial charge in [-0.3, -0.25) is 0 Å². The van der Waals surface area contributed by atoms with E-state index >= 15 is 0 Å². The van der Waals surface area contributed by atoms with Gasteiger partial charge in [0.1, 0.15) is 5.82 Å². The predicted octanol–water partition coefficient (Wildman–Crippen LogP) is 4.46. The largest absolute Gasteiger partial charge is 0.416 e. The van der Waals surface area contributed by atoms with Crippen molar-refractivity contribution in [2.24, 2.45) is 0 Å². The molecule has 3 rings (SSSR count). The summed E-state index contributed by atoms with van der Waals surface area (Å²) in [5.74, 6) is 0.174. The third-order valence-corrected chi connectivity index (χ3v) is 3.61. The van der Waals surface area contributed by atoms with Crippen LogP contribution >= 0.6 is 0 Å². The molecular formula is C17H15F3N4. The molecule has 124 valence electrons. The van der Waals surface area contributed by atoms with Gasteiger partial charge >= 0.3 is 6.18 Å². The zero-order valence-electron chi connectivity index (χ0n) is 12.8. The molecule has 0 aliphatic heterocycles. The summed E-state index contributed by atoms with van der Waals surface area (Å²) >= 11 is 0. The molecule has 0 bridgehead atoms. The van der Waals surface area contributed by atoms with Gasteiger partial charge in [-0.25, -0.2) is 9.67 Å². The van der Waals surface area contributed by atoms with E-state index in [4.69, 9.17) is 0 Å². The Morgan fingerprint density at radius 3 is 2.58 bits per heavy atom. The first kappa shape index (κ1) is 16.0. The van der Waals surface area contributed by atoms with Gasteiger partial charge in [-0.05, 0) is 36.8 Å². The second-order valence-electron chi connectivity index (χ2n) is 5.30. The zero-order valence-corrected chi connectivity index (χ0v) is 12.8. The number of nitrogens with one attached hydrogen (secondary N) is 1. The standard InChI is InChI=1S/C17H15F3N4/c1-12(23-16-11-13(7-9-21-16)17(18,19)20)14-5-2-3-6-15(14)24-10-4-8-22-24/h2-12H,1H3,(H,21,23). The average molecular weight is 332 g/mol. The van der Waals surface area contributed by atoms with Crippen molar-refractivity contribution in [3.63, 3.8) is 0 Å². The number of nitrogens with zero attached hydrogens (tertiary/aromatic N) is 3. The van der Waals surface area contributed by atoms with Crippen LogP contribution < -0.4 is 5.32 Å². The van der Waals surface area contributed by atoms with Crippen LogP contribution in [0.4, 0.5) is 19.0 Å². The van der Waals surface area contributed by atoms with Crippen LogP contribution in [0.2, 0.25) is 0 Å². The van der Waals surface area contributed by atoms with Crippen LogP contribution in [0.1, 0.15) is 24.1 Å². The first-order valence-corrected chi connectivity index (χ1v) is 7.34. The highest BCUT2D eigenvalue weighted by atomic mass is 19.4. The minimum atomic E-state index is -4.39. The lowest BCUT2D eigenvalue weighted by Crippen LogP contribution is -2.13. The Labute approximate surface area is 137 Å². The molecule has 7 heteroatoms. The van der Waals surface area contributed by atoms with Crippen molar-refractivity contribution in [2.45, 2.75) is 19.1 Å². The van der Waals surface area contributed by atoms with Crippen LogP contribution in [0.3, 0.4) is 0 Å². The molecule has 3 aromatic rings. The van der Waals surface area contributed by atoms with Crippen LogP contribution in [0, 0.1) is 0 Å². The molecule has 0 aliphatic carbocycles. The Kier molecular flexibility index (Phi) is 4.24. The van der Waals surface area contributed by atoms with E-state index in [1.165, 1.54) is 0 Å². The van der Waals surface area contributed by atoms with Crippen molar-refractivity contribution >= 4 is 5.82 Å². The quantitative estimate of drug-likeness (QED) is 0.767. The van der Waals surface area contributed by atoms with Crippen molar-refractivity contribution in [3.8, 4) is 5.69 Å². The Morgan fingerprint density at radius 1 is 1.08 bits per heavy atom. The molecule has 2 aromatic heterocycles. The van der Waals surface area contributed by atoms with Crippen LogP contribution in [-0.4, -0.2) is 14.8 Å². The number of rotatable bonds is 4. The maximum atomic E-state index is 12.8. The zero-order chi connectivity index (χ0) is 17.2. The van der Waals surface area contributed by atoms with Crippen molar-refractivity contribution < 1.29 is 13.2 Å². The first-order chi connectivity index (χ1) is 11.4. The van der Waals surface area contributed by atoms with Crippen molar-refractivity contribution in [3.05, 3.63) is 72.2 Å². The number of benzene rings is 1. The van der Waals surface area contributed by atoms with E-state index in [2.05, 4.69) is 15.4 Å². The number of pyridine rings is 1. The van der Waals surface area contributed by atoms with Gasteiger partial charge in [-0.1, -0.05) is 18.2 Å². The van der Waals surface area contributed by atoms with Crippen LogP contribution in [-0.2, 0) is 6.18 Å². The van der Waals surface area contributed by atoms with Gasteiger partial charge in [-0.2, -0.15) is 18.3 Å². The molecule has 0 saturated carbocycles. The Bertz CT molecular complexity index is 813. The van der Waals surface area contributed by atoms with Gasteiger partial charge < -0.3 is 5.32 Å². The van der Waals surface area contributed by atoms with E-state index in [9.17, 15) is 13.2 Å². The molecular weight excluding hydrogens is 317 g/mol. The number of para-hydroxylation sites is 1. The van der Waals surface area contributed by atoms with Gasteiger partial charge in [0.2, 0.25) is 0 Å². The van der Waals surface area contributed by atoms with Gasteiger partial charge in [0.25, 0.3) is 0 Å². The molecule has 1 aromatic carbocycles. The number of hydrogen-bond donors (Lipinski definition) is 1. The van der Waals surface area contributed by atoms with E-state index in [0.717, 1.165) is 29.6 Å². The van der Waals surface area contributed by atoms with E-state index in [-0.39, 0.29) is 11.9 Å². The molecule has 24 heavy (non-hydrogen) atoms. The molecule has 0 spiro atoms. The summed E-state index contributed by atoms with van der Waals surface area (Å²) in [4.78, 5) is 3.98. The SMILES string of the molecule is CC(Nc1cc(C(F)(F)F)ccn1)c1ccccc1-n1cccn1. The summed E-state index contributed by atoms with van der Waals surface area (Å²) in [6.45, 7) is 1.87. The lowest BCUT2D eigenvalue weighted by Gasteiger charge is -2.19. The van der Waals surface area contributed by atoms with Crippen molar-refractivity contribution in [2.75, 3.05) is 5.32 Å². The molecule has 1 atom stereocenters. The fourth-order valence-electron chi connectivity index (χ4n) is 2.46. The van der Waals surface area contributed by atoms with Crippen molar-refractivity contribution in [1.82, 2.24) is 14.8 Å². The Hall–Kier alpha value is -2.83. The summed E-state index contributed by atoms with van der Waals surface area (Å²) in [7, 11) is 0. The van der Waals surface area contributed by atoms with E-state index in [1.807, 2.05) is 43.5 Å². The summed E-state index contributed by atoms with van der Waals surface area (Å²) < 4.78 is 40.1. The van der Waals surface area contributed by atoms with E-state index in [1.54, 1.807) is 10.9 Å². The minimum absolute atomic E-state index is 0.174. The number of halogens is 3. The normalized spacial score (nSPS) is 12.8. The van der Waals surface area contributed by atoms with Crippen LogP contribution in [0.5, 0.6) is 0 Å². The summed E-state index contributed by atoms with van der Waals surface area (Å²) in [5.41, 5.74) is 1.03. The molecule has 1 N–H and O–H groups in total. The summed E-state index contributed by atoms with van der Waals surface area (Å²) in [5, 5.41) is 7.23. The van der Waals surface area contributed by atoms with E-state index in [0.29, 0.717) is 0 Å². The highest BCUT2D eigenvalue weighted by molar-refractivity contribution is 5.47. The third-order valence-electron chi connectivity index (χ3n) is 3.61. The smallest absolute Gasteiger partial charge is 0.363 e. The van der Waals surface area contributed by atoms with E-state index < -0.39 is 11.7 Å². The van der Waals surface area contributed by atoms with Crippen LogP contribution in [0.15, 0.2) is 61.1 Å². The minimum Gasteiger partial charge on any atom is -0.363 e. The lowest BCUT2D eigenvalue weighted by molar-refractivity contribution is -0.137. The van der Waals surface area contributed by atoms with Crippen molar-refractivity contribution in [1.29, 1.82) is 0 Å². The van der Waals surface area contributed by atoms with Gasteiger partial charge in [0, 0.05) is 18.6 Å². The molecule has 0 radical (unpaired) electrons. The molecule has 2 heterocycles. The number of alkyl halides is 3. The molecule has 0 amide bonds. The van der Waals surface area contributed by atoms with Gasteiger partial charge in [-0.15, -0.1) is 0 Å². The summed E-state index contributed by atoms with van der Waals surface area (Å²) in [6.07, 6.45) is 0.240. The van der Waals surface area contributed by atoms with Crippen LogP contribution in [0.25, 0.3) is 5.69 Å². The number of anilines is 1. The second-order valence-corrected chi connectivity index (χ2v) is 5.30. The Morgan fingerprint density at radius 2 is 1.88 bits per heavy atom. The maximum Gasteiger partial charge on any atom is 0.416 e.